The molecule has 28 heavy (non-hydrogen) atoms. The number of aryl methyl sites for hydroxylation is 1. The third kappa shape index (κ3) is 5.43. The molecule has 0 saturated carbocycles. The number of hydrogen-bond donors (Lipinski definition) is 1. The Morgan fingerprint density at radius 1 is 1.29 bits per heavy atom. The van der Waals surface area contributed by atoms with Crippen LogP contribution in [0.25, 0.3) is 5.69 Å². The monoisotopic (exact) mass is 427 g/mol. The van der Waals surface area contributed by atoms with Gasteiger partial charge in [-0.3, -0.25) is 9.59 Å². The molecule has 0 aliphatic rings. The molecule has 2 aromatic rings. The van der Waals surface area contributed by atoms with Gasteiger partial charge in [0, 0.05) is 33.7 Å². The third-order valence-electron chi connectivity index (χ3n) is 3.91. The minimum atomic E-state index is -0.469. The molecule has 0 bridgehead atoms. The van der Waals surface area contributed by atoms with Crippen LogP contribution < -0.4 is 5.32 Å². The van der Waals surface area contributed by atoms with Crippen LogP contribution in [0.15, 0.2) is 18.2 Å². The normalized spacial score (nSPS) is 10.8. The molecule has 0 radical (unpaired) electrons. The first-order valence-corrected chi connectivity index (χ1v) is 9.56. The summed E-state index contributed by atoms with van der Waals surface area (Å²) in [6.07, 6.45) is 1.22. The molecule has 0 aliphatic carbocycles. The highest BCUT2D eigenvalue weighted by molar-refractivity contribution is 6.37. The summed E-state index contributed by atoms with van der Waals surface area (Å²) >= 11 is 12.5. The summed E-state index contributed by atoms with van der Waals surface area (Å²) in [6.45, 7) is 2.82. The minimum absolute atomic E-state index is 0.0254. The van der Waals surface area contributed by atoms with Crippen LogP contribution >= 0.6 is 23.2 Å². The number of nitrogens with one attached hydrogen (secondary N) is 1. The highest BCUT2D eigenvalue weighted by atomic mass is 35.5. The van der Waals surface area contributed by atoms with Gasteiger partial charge in [-0.15, -0.1) is 5.10 Å². The van der Waals surface area contributed by atoms with E-state index in [0.29, 0.717) is 47.6 Å². The molecule has 0 atom stereocenters. The Hall–Kier alpha value is -2.16. The molecule has 0 fully saturated rings. The number of carbonyl (C=O) groups excluding carboxylic acids is 2. The molecule has 0 unspecified atom stereocenters. The fourth-order valence-electron chi connectivity index (χ4n) is 2.49. The predicted molar refractivity (Wildman–Crippen MR) is 107 cm³/mol. The summed E-state index contributed by atoms with van der Waals surface area (Å²) < 4.78 is 6.39. The number of rotatable bonds is 9. The van der Waals surface area contributed by atoms with E-state index in [9.17, 15) is 9.59 Å². The Balaban J connectivity index is 2.14. The maximum atomic E-state index is 12.7. The number of halogens is 2. The summed E-state index contributed by atoms with van der Waals surface area (Å²) in [5.41, 5.74) is 0.466. The molecule has 2 rings (SSSR count). The fourth-order valence-corrected chi connectivity index (χ4v) is 3.05. The summed E-state index contributed by atoms with van der Waals surface area (Å²) in [6, 6.07) is 5.10. The van der Waals surface area contributed by atoms with Crippen molar-refractivity contribution in [2.75, 3.05) is 33.9 Å². The van der Waals surface area contributed by atoms with Crippen LogP contribution in [0.4, 0.5) is 0 Å². The van der Waals surface area contributed by atoms with Crippen molar-refractivity contribution in [3.8, 4) is 5.69 Å². The number of ether oxygens (including phenoxy) is 1. The highest BCUT2D eigenvalue weighted by Gasteiger charge is 2.23. The van der Waals surface area contributed by atoms with E-state index in [4.69, 9.17) is 27.9 Å². The number of amides is 2. The number of likely N-dealkylation sites (N-methyl/N-ethyl adjacent to an activating group) is 1. The van der Waals surface area contributed by atoms with Crippen LogP contribution in [0.5, 0.6) is 0 Å². The van der Waals surface area contributed by atoms with Crippen molar-refractivity contribution in [1.29, 1.82) is 0 Å². The number of nitrogens with zero attached hydrogens (tertiary/aromatic N) is 4. The van der Waals surface area contributed by atoms with Gasteiger partial charge < -0.3 is 15.0 Å². The van der Waals surface area contributed by atoms with Gasteiger partial charge in [-0.1, -0.05) is 36.2 Å². The number of carbonyl (C=O) groups is 2. The SMILES string of the molecule is CCc1nc(C(=O)N(C)CC(=O)NCCCOC)nn1-c1c(Cl)cccc1Cl. The molecule has 0 spiro atoms. The first kappa shape index (κ1) is 22.1. The van der Waals surface area contributed by atoms with Crippen molar-refractivity contribution in [1.82, 2.24) is 25.0 Å². The molecule has 0 saturated heterocycles. The van der Waals surface area contributed by atoms with E-state index in [2.05, 4.69) is 15.4 Å². The zero-order valence-corrected chi connectivity index (χ0v) is 17.5. The molecular weight excluding hydrogens is 405 g/mol. The van der Waals surface area contributed by atoms with E-state index < -0.39 is 5.91 Å². The molecule has 1 aromatic heterocycles. The molecule has 1 aromatic carbocycles. The standard InChI is InChI=1S/C18H23Cl2N5O3/c1-4-14-22-17(23-25(14)16-12(19)7-5-8-13(16)20)18(27)24(2)11-15(26)21-9-6-10-28-3/h5,7-8H,4,6,9-11H2,1-3H3,(H,21,26). The van der Waals surface area contributed by atoms with Crippen molar-refractivity contribution in [3.63, 3.8) is 0 Å². The average Bonchev–Trinajstić information content (AvgIpc) is 3.08. The summed E-state index contributed by atoms with van der Waals surface area (Å²) in [4.78, 5) is 30.2. The van der Waals surface area contributed by atoms with Crippen LogP contribution in [0.3, 0.4) is 0 Å². The molecule has 8 nitrogen and oxygen atoms in total. The van der Waals surface area contributed by atoms with Crippen LogP contribution in [0.1, 0.15) is 29.8 Å². The predicted octanol–water partition coefficient (Wildman–Crippen LogP) is 2.36. The first-order chi connectivity index (χ1) is 13.4. The van der Waals surface area contributed by atoms with E-state index >= 15 is 0 Å². The van der Waals surface area contributed by atoms with Crippen LogP contribution in [-0.2, 0) is 16.0 Å². The number of benzene rings is 1. The van der Waals surface area contributed by atoms with Gasteiger partial charge >= 0.3 is 0 Å². The second-order valence-electron chi connectivity index (χ2n) is 6.04. The van der Waals surface area contributed by atoms with Crippen LogP contribution in [0, 0.1) is 0 Å². The Kier molecular flexibility index (Phi) is 8.22. The topological polar surface area (TPSA) is 89.3 Å². The lowest BCUT2D eigenvalue weighted by Crippen LogP contribution is -2.39. The zero-order chi connectivity index (χ0) is 20.7. The third-order valence-corrected chi connectivity index (χ3v) is 4.52. The van der Waals surface area contributed by atoms with E-state index in [1.54, 1.807) is 25.3 Å². The van der Waals surface area contributed by atoms with Gasteiger partial charge in [0.25, 0.3) is 5.91 Å². The lowest BCUT2D eigenvalue weighted by atomic mass is 10.3. The quantitative estimate of drug-likeness (QED) is 0.620. The molecule has 10 heteroatoms. The summed E-state index contributed by atoms with van der Waals surface area (Å²) in [7, 11) is 3.12. The molecular formula is C18H23Cl2N5O3. The zero-order valence-electron chi connectivity index (χ0n) is 16.0. The average molecular weight is 428 g/mol. The fraction of sp³-hybridized carbons (Fsp3) is 0.444. The maximum absolute atomic E-state index is 12.7. The number of aromatic nitrogens is 3. The van der Waals surface area contributed by atoms with Crippen molar-refractivity contribution in [3.05, 3.63) is 39.9 Å². The van der Waals surface area contributed by atoms with Crippen molar-refractivity contribution in [2.24, 2.45) is 0 Å². The van der Waals surface area contributed by atoms with Crippen molar-refractivity contribution >= 4 is 35.0 Å². The lowest BCUT2D eigenvalue weighted by Gasteiger charge is -2.15. The van der Waals surface area contributed by atoms with Gasteiger partial charge in [-0.05, 0) is 18.6 Å². The molecule has 1 heterocycles. The smallest absolute Gasteiger partial charge is 0.293 e. The first-order valence-electron chi connectivity index (χ1n) is 8.80. The Morgan fingerprint density at radius 3 is 2.57 bits per heavy atom. The maximum Gasteiger partial charge on any atom is 0.293 e. The van der Waals surface area contributed by atoms with Crippen LogP contribution in [-0.4, -0.2) is 65.3 Å². The summed E-state index contributed by atoms with van der Waals surface area (Å²) in [5, 5.41) is 7.81. The second kappa shape index (κ2) is 10.4. The number of methoxy groups -OCH3 is 1. The van der Waals surface area contributed by atoms with E-state index in [-0.39, 0.29) is 18.3 Å². The van der Waals surface area contributed by atoms with Gasteiger partial charge in [0.15, 0.2) is 0 Å². The van der Waals surface area contributed by atoms with E-state index in [1.165, 1.54) is 16.6 Å². The highest BCUT2D eigenvalue weighted by Crippen LogP contribution is 2.28. The van der Waals surface area contributed by atoms with Gasteiger partial charge in [-0.25, -0.2) is 9.67 Å². The number of para-hydroxylation sites is 1. The van der Waals surface area contributed by atoms with Crippen LogP contribution in [0.2, 0.25) is 10.0 Å². The largest absolute Gasteiger partial charge is 0.385 e. The van der Waals surface area contributed by atoms with Crippen molar-refractivity contribution in [2.45, 2.75) is 19.8 Å². The Labute approximate surface area is 173 Å². The van der Waals surface area contributed by atoms with E-state index in [0.717, 1.165) is 0 Å². The molecule has 152 valence electrons. The second-order valence-corrected chi connectivity index (χ2v) is 6.86. The minimum Gasteiger partial charge on any atom is -0.385 e. The van der Waals surface area contributed by atoms with Gasteiger partial charge in [-0.2, -0.15) is 0 Å². The Morgan fingerprint density at radius 2 is 1.96 bits per heavy atom. The number of hydrogen-bond acceptors (Lipinski definition) is 5. The van der Waals surface area contributed by atoms with Crippen molar-refractivity contribution < 1.29 is 14.3 Å². The lowest BCUT2D eigenvalue weighted by molar-refractivity contribution is -0.121. The molecule has 0 aliphatic heterocycles. The molecule has 1 N–H and O–H groups in total. The molecule has 2 amide bonds. The van der Waals surface area contributed by atoms with Gasteiger partial charge in [0.05, 0.1) is 16.6 Å². The Bertz CT molecular complexity index is 820. The van der Waals surface area contributed by atoms with E-state index in [1.807, 2.05) is 6.92 Å². The summed E-state index contributed by atoms with van der Waals surface area (Å²) in [5.74, 6) is -0.224. The van der Waals surface area contributed by atoms with Gasteiger partial charge in [0.2, 0.25) is 11.7 Å². The van der Waals surface area contributed by atoms with Gasteiger partial charge in [0.1, 0.15) is 11.5 Å².